The highest BCUT2D eigenvalue weighted by Crippen LogP contribution is 2.33. The van der Waals surface area contributed by atoms with Crippen LogP contribution >= 0.6 is 0 Å². The molecular formula is C11H16FNO3. The Kier molecular flexibility index (Phi) is 3.48. The molecule has 1 unspecified atom stereocenters. The zero-order valence-corrected chi connectivity index (χ0v) is 9.67. The molecule has 0 bridgehead atoms. The van der Waals surface area contributed by atoms with Gasteiger partial charge in [0.25, 0.3) is 5.43 Å². The van der Waals surface area contributed by atoms with E-state index in [1.54, 1.807) is 6.92 Å². The lowest BCUT2D eigenvalue weighted by Gasteiger charge is -2.27. The maximum Gasteiger partial charge on any atom is 0.268 e. The van der Waals surface area contributed by atoms with E-state index in [-0.39, 0.29) is 24.5 Å². The van der Waals surface area contributed by atoms with Gasteiger partial charge in [-0.25, -0.2) is 4.39 Å². The Hall–Kier alpha value is -1.23. The van der Waals surface area contributed by atoms with Crippen LogP contribution in [0, 0.1) is 0 Å². The summed E-state index contributed by atoms with van der Waals surface area (Å²) >= 11 is 0. The first-order valence-corrected chi connectivity index (χ1v) is 5.19. The van der Waals surface area contributed by atoms with Crippen LogP contribution in [0.2, 0.25) is 0 Å². The number of rotatable bonds is 5. The summed E-state index contributed by atoms with van der Waals surface area (Å²) in [6.45, 7) is 4.59. The predicted octanol–water partition coefficient (Wildman–Crippen LogP) is 0.472. The topological polar surface area (TPSA) is 69.4 Å². The molecule has 1 atom stereocenters. The Morgan fingerprint density at radius 3 is 2.31 bits per heavy atom. The number of alkyl halides is 1. The fraction of sp³-hybridized carbons (Fsp3) is 0.636. The van der Waals surface area contributed by atoms with Crippen molar-refractivity contribution in [3.8, 4) is 5.75 Å². The monoisotopic (exact) mass is 229 g/mol. The van der Waals surface area contributed by atoms with E-state index in [2.05, 4.69) is 0 Å². The molecule has 0 radical (unpaired) electrons. The van der Waals surface area contributed by atoms with Gasteiger partial charge in [0, 0.05) is 12.5 Å². The number of ether oxygens (including phenoxy) is 1. The maximum atomic E-state index is 13.8. The molecule has 0 amide bonds. The second kappa shape index (κ2) is 4.33. The van der Waals surface area contributed by atoms with Crippen molar-refractivity contribution in [3.63, 3.8) is 0 Å². The molecule has 0 spiro atoms. The van der Waals surface area contributed by atoms with E-state index in [1.807, 2.05) is 0 Å². The lowest BCUT2D eigenvalue weighted by Crippen LogP contribution is -2.44. The quantitative estimate of drug-likeness (QED) is 0.745. The highest BCUT2D eigenvalue weighted by atomic mass is 19.1. The molecule has 0 heterocycles. The molecule has 0 aliphatic heterocycles. The van der Waals surface area contributed by atoms with Gasteiger partial charge in [0.05, 0.1) is 12.2 Å². The average molecular weight is 229 g/mol. The maximum absolute atomic E-state index is 13.8. The first kappa shape index (κ1) is 12.8. The summed E-state index contributed by atoms with van der Waals surface area (Å²) in [5.74, 6) is -0.812. The smallest absolute Gasteiger partial charge is 0.268 e. The van der Waals surface area contributed by atoms with Crippen LogP contribution in [-0.4, -0.2) is 18.8 Å². The van der Waals surface area contributed by atoms with Crippen LogP contribution in [0.3, 0.4) is 0 Å². The van der Waals surface area contributed by atoms with Gasteiger partial charge in [-0.15, -0.1) is 0 Å². The van der Waals surface area contributed by atoms with Crippen LogP contribution in [0.5, 0.6) is 5.75 Å². The van der Waals surface area contributed by atoms with Crippen molar-refractivity contribution in [2.45, 2.75) is 32.4 Å². The normalized spacial score (nSPS) is 14.1. The zero-order valence-electron chi connectivity index (χ0n) is 9.67. The highest BCUT2D eigenvalue weighted by molar-refractivity contribution is 5.43. The van der Waals surface area contributed by atoms with Crippen molar-refractivity contribution in [2.75, 3.05) is 13.2 Å². The Labute approximate surface area is 92.9 Å². The van der Waals surface area contributed by atoms with E-state index in [1.165, 1.54) is 13.8 Å². The molecule has 1 rings (SSSR count). The molecule has 0 saturated carbocycles. The van der Waals surface area contributed by atoms with Crippen LogP contribution < -0.4 is 21.3 Å². The van der Waals surface area contributed by atoms with Gasteiger partial charge in [-0.3, -0.25) is 9.59 Å². The summed E-state index contributed by atoms with van der Waals surface area (Å²) in [4.78, 5) is 22.6. The lowest BCUT2D eigenvalue weighted by atomic mass is 9.83. The van der Waals surface area contributed by atoms with Crippen molar-refractivity contribution in [2.24, 2.45) is 5.73 Å². The Balaban J connectivity index is 3.17. The molecule has 5 heteroatoms. The summed E-state index contributed by atoms with van der Waals surface area (Å²) in [5.41, 5.74) is 2.53. The van der Waals surface area contributed by atoms with Gasteiger partial charge in [-0.1, -0.05) is 0 Å². The molecule has 0 aliphatic carbocycles. The minimum atomic E-state index is -1.65. The molecule has 0 fully saturated rings. The Bertz CT molecular complexity index is 441. The average Bonchev–Trinajstić information content (AvgIpc) is 2.20. The SMILES string of the molecule is CCOc1c(C(CN)C(C)(C)F)c(=O)c1=O. The van der Waals surface area contributed by atoms with Crippen LogP contribution in [0.1, 0.15) is 32.3 Å². The van der Waals surface area contributed by atoms with Gasteiger partial charge in [-0.2, -0.15) is 0 Å². The van der Waals surface area contributed by atoms with Gasteiger partial charge < -0.3 is 10.5 Å². The van der Waals surface area contributed by atoms with Gasteiger partial charge in [-0.05, 0) is 20.8 Å². The molecule has 90 valence electrons. The Morgan fingerprint density at radius 1 is 1.38 bits per heavy atom. The second-order valence-electron chi connectivity index (χ2n) is 4.19. The summed E-state index contributed by atoms with van der Waals surface area (Å²) in [5, 5.41) is 0. The van der Waals surface area contributed by atoms with Gasteiger partial charge in [0.1, 0.15) is 5.67 Å². The lowest BCUT2D eigenvalue weighted by molar-refractivity contribution is 0.169. The third kappa shape index (κ3) is 2.00. The summed E-state index contributed by atoms with van der Waals surface area (Å²) in [6, 6.07) is 0. The van der Waals surface area contributed by atoms with Gasteiger partial charge in [0.2, 0.25) is 5.43 Å². The molecular weight excluding hydrogens is 213 g/mol. The van der Waals surface area contributed by atoms with E-state index in [9.17, 15) is 14.0 Å². The zero-order chi connectivity index (χ0) is 12.5. The predicted molar refractivity (Wildman–Crippen MR) is 59.5 cm³/mol. The van der Waals surface area contributed by atoms with E-state index in [0.29, 0.717) is 0 Å². The van der Waals surface area contributed by atoms with E-state index in [0.717, 1.165) is 0 Å². The fourth-order valence-corrected chi connectivity index (χ4v) is 1.73. The van der Waals surface area contributed by atoms with Crippen LogP contribution in [0.4, 0.5) is 4.39 Å². The molecule has 4 nitrogen and oxygen atoms in total. The summed E-state index contributed by atoms with van der Waals surface area (Å²) < 4.78 is 18.8. The number of halogens is 1. The second-order valence-corrected chi connectivity index (χ2v) is 4.19. The molecule has 0 saturated heterocycles. The van der Waals surface area contributed by atoms with Gasteiger partial charge in [0.15, 0.2) is 5.75 Å². The molecule has 1 aromatic rings. The molecule has 0 aliphatic rings. The van der Waals surface area contributed by atoms with Crippen molar-refractivity contribution in [3.05, 3.63) is 26.0 Å². The number of hydrogen-bond acceptors (Lipinski definition) is 4. The number of hydrogen-bond donors (Lipinski definition) is 1. The minimum absolute atomic E-state index is 0.0197. The summed E-state index contributed by atoms with van der Waals surface area (Å²) in [7, 11) is 0. The van der Waals surface area contributed by atoms with E-state index >= 15 is 0 Å². The third-order valence-corrected chi connectivity index (χ3v) is 2.60. The van der Waals surface area contributed by atoms with Crippen LogP contribution in [0.25, 0.3) is 0 Å². The van der Waals surface area contributed by atoms with E-state index in [4.69, 9.17) is 10.5 Å². The highest BCUT2D eigenvalue weighted by Gasteiger charge is 2.38. The standard InChI is InChI=1S/C11H16FNO3/c1-4-16-10-7(8(14)9(10)15)6(5-13)11(2,3)12/h6H,4-5,13H2,1-3H3. The van der Waals surface area contributed by atoms with Crippen molar-refractivity contribution >= 4 is 0 Å². The molecule has 0 aromatic heterocycles. The number of nitrogens with two attached hydrogens (primary N) is 1. The largest absolute Gasteiger partial charge is 0.489 e. The molecule has 2 N–H and O–H groups in total. The van der Waals surface area contributed by atoms with Gasteiger partial charge >= 0.3 is 0 Å². The fourth-order valence-electron chi connectivity index (χ4n) is 1.73. The molecule has 1 aromatic carbocycles. The van der Waals surface area contributed by atoms with Crippen LogP contribution in [0.15, 0.2) is 9.59 Å². The first-order valence-electron chi connectivity index (χ1n) is 5.19. The summed E-state index contributed by atoms with van der Waals surface area (Å²) in [6.07, 6.45) is 0. The van der Waals surface area contributed by atoms with Crippen molar-refractivity contribution < 1.29 is 9.13 Å². The Morgan fingerprint density at radius 2 is 1.94 bits per heavy atom. The van der Waals surface area contributed by atoms with E-state index < -0.39 is 22.4 Å². The third-order valence-electron chi connectivity index (χ3n) is 2.60. The minimum Gasteiger partial charge on any atom is -0.489 e. The first-order chi connectivity index (χ1) is 7.34. The van der Waals surface area contributed by atoms with Crippen LogP contribution in [-0.2, 0) is 0 Å². The molecule has 16 heavy (non-hydrogen) atoms. The van der Waals surface area contributed by atoms with Crippen molar-refractivity contribution in [1.82, 2.24) is 0 Å². The van der Waals surface area contributed by atoms with Crippen molar-refractivity contribution in [1.29, 1.82) is 0 Å².